The fourth-order valence-electron chi connectivity index (χ4n) is 2.67. The number of hydrogen-bond donors (Lipinski definition) is 0. The van der Waals surface area contributed by atoms with E-state index < -0.39 is 6.04 Å². The van der Waals surface area contributed by atoms with Crippen LogP contribution in [0, 0.1) is 0 Å². The maximum absolute atomic E-state index is 12.3. The van der Waals surface area contributed by atoms with E-state index in [1.165, 1.54) is 11.8 Å². The lowest BCUT2D eigenvalue weighted by Gasteiger charge is -2.23. The van der Waals surface area contributed by atoms with Crippen LogP contribution in [0.2, 0.25) is 0 Å². The molecular weight excluding hydrogens is 276 g/mol. The predicted molar refractivity (Wildman–Crippen MR) is 84.4 cm³/mol. The smallest absolute Gasteiger partial charge is 0.271 e. The first-order valence-corrected chi connectivity index (χ1v) is 7.18. The van der Waals surface area contributed by atoms with Crippen molar-refractivity contribution in [1.29, 1.82) is 0 Å². The van der Waals surface area contributed by atoms with Crippen LogP contribution in [-0.4, -0.2) is 28.6 Å². The lowest BCUT2D eigenvalue weighted by molar-refractivity contribution is -0.131. The Labute approximate surface area is 129 Å². The maximum atomic E-state index is 12.3. The molecule has 0 aliphatic carbocycles. The maximum Gasteiger partial charge on any atom is 0.271 e. The van der Waals surface area contributed by atoms with Crippen molar-refractivity contribution in [2.75, 3.05) is 0 Å². The average Bonchev–Trinajstić information content (AvgIpc) is 2.86. The summed E-state index contributed by atoms with van der Waals surface area (Å²) >= 11 is 0. The fraction of sp³-hybridized carbons (Fsp3) is 0.167. The second-order valence-corrected chi connectivity index (χ2v) is 5.23. The van der Waals surface area contributed by atoms with Crippen LogP contribution in [0.4, 0.5) is 0 Å². The zero-order valence-corrected chi connectivity index (χ0v) is 12.3. The number of nitrogens with zero attached hydrogens (tertiary/aromatic N) is 2. The summed E-state index contributed by atoms with van der Waals surface area (Å²) in [5, 5.41) is 0. The molecule has 1 unspecified atom stereocenters. The van der Waals surface area contributed by atoms with E-state index in [1.807, 2.05) is 60.7 Å². The van der Waals surface area contributed by atoms with Crippen molar-refractivity contribution in [3.63, 3.8) is 0 Å². The summed E-state index contributed by atoms with van der Waals surface area (Å²) in [5.41, 5.74) is 1.79. The summed E-state index contributed by atoms with van der Waals surface area (Å²) in [6.07, 6.45) is 0.471. The standard InChI is InChI=1S/C18H16N2O2/c1-13(21)20-16(12-14-8-4-2-5-9-14)18(22)19-17(20)15-10-6-3-7-11-15/h2-11,16H,12H2,1H3. The van der Waals surface area contributed by atoms with Crippen molar-refractivity contribution in [1.82, 2.24) is 4.90 Å². The Kier molecular flexibility index (Phi) is 3.83. The number of aliphatic imine (C=N–C) groups is 1. The van der Waals surface area contributed by atoms with Crippen LogP contribution >= 0.6 is 0 Å². The number of benzene rings is 2. The van der Waals surface area contributed by atoms with Crippen LogP contribution in [0.1, 0.15) is 18.1 Å². The van der Waals surface area contributed by atoms with E-state index in [0.29, 0.717) is 12.3 Å². The van der Waals surface area contributed by atoms with Crippen LogP contribution in [-0.2, 0) is 16.0 Å². The highest BCUT2D eigenvalue weighted by atomic mass is 16.2. The molecule has 2 aromatic carbocycles. The molecular formula is C18H16N2O2. The van der Waals surface area contributed by atoms with Gasteiger partial charge in [-0.25, -0.2) is 0 Å². The molecule has 3 rings (SSSR count). The summed E-state index contributed by atoms with van der Waals surface area (Å²) < 4.78 is 0. The lowest BCUT2D eigenvalue weighted by atomic mass is 10.0. The third kappa shape index (κ3) is 2.68. The predicted octanol–water partition coefficient (Wildman–Crippen LogP) is 2.43. The highest BCUT2D eigenvalue weighted by Gasteiger charge is 2.38. The largest absolute Gasteiger partial charge is 0.283 e. The minimum atomic E-state index is -0.560. The van der Waals surface area contributed by atoms with Gasteiger partial charge >= 0.3 is 0 Å². The molecule has 1 aliphatic rings. The van der Waals surface area contributed by atoms with Gasteiger partial charge in [-0.15, -0.1) is 0 Å². The van der Waals surface area contributed by atoms with Gasteiger partial charge in [0.25, 0.3) is 5.91 Å². The summed E-state index contributed by atoms with van der Waals surface area (Å²) in [6.45, 7) is 1.47. The van der Waals surface area contributed by atoms with Crippen LogP contribution in [0.15, 0.2) is 65.7 Å². The van der Waals surface area contributed by atoms with Gasteiger partial charge in [0.2, 0.25) is 5.91 Å². The van der Waals surface area contributed by atoms with Crippen molar-refractivity contribution in [2.24, 2.45) is 4.99 Å². The topological polar surface area (TPSA) is 49.7 Å². The molecule has 1 heterocycles. The van der Waals surface area contributed by atoms with Crippen molar-refractivity contribution >= 4 is 17.6 Å². The molecule has 110 valence electrons. The van der Waals surface area contributed by atoms with E-state index in [2.05, 4.69) is 4.99 Å². The van der Waals surface area contributed by atoms with E-state index in [0.717, 1.165) is 11.1 Å². The zero-order valence-electron chi connectivity index (χ0n) is 12.3. The number of amides is 2. The Hall–Kier alpha value is -2.75. The number of carbonyl (C=O) groups is 2. The van der Waals surface area contributed by atoms with Crippen molar-refractivity contribution in [2.45, 2.75) is 19.4 Å². The molecule has 2 aromatic rings. The summed E-state index contributed by atoms with van der Waals surface area (Å²) in [4.78, 5) is 30.0. The third-order valence-corrected chi connectivity index (χ3v) is 3.68. The number of carbonyl (C=O) groups excluding carboxylic acids is 2. The molecule has 2 amide bonds. The Morgan fingerprint density at radius 1 is 1.05 bits per heavy atom. The average molecular weight is 292 g/mol. The van der Waals surface area contributed by atoms with Crippen molar-refractivity contribution in [3.8, 4) is 0 Å². The Morgan fingerprint density at radius 3 is 2.23 bits per heavy atom. The van der Waals surface area contributed by atoms with Gasteiger partial charge in [-0.1, -0.05) is 60.7 Å². The van der Waals surface area contributed by atoms with Crippen LogP contribution < -0.4 is 0 Å². The monoisotopic (exact) mass is 292 g/mol. The molecule has 0 saturated heterocycles. The Bertz CT molecular complexity index is 723. The van der Waals surface area contributed by atoms with Crippen LogP contribution in [0.3, 0.4) is 0 Å². The molecule has 1 aliphatic heterocycles. The second kappa shape index (κ2) is 5.93. The number of hydrogen-bond acceptors (Lipinski definition) is 2. The molecule has 0 bridgehead atoms. The van der Waals surface area contributed by atoms with Crippen LogP contribution in [0.25, 0.3) is 0 Å². The van der Waals surface area contributed by atoms with Gasteiger partial charge in [0.05, 0.1) is 0 Å². The fourth-order valence-corrected chi connectivity index (χ4v) is 2.67. The number of amidine groups is 1. The molecule has 4 heteroatoms. The van der Waals surface area contributed by atoms with Crippen LogP contribution in [0.5, 0.6) is 0 Å². The molecule has 0 spiro atoms. The minimum Gasteiger partial charge on any atom is -0.283 e. The molecule has 0 aromatic heterocycles. The first-order chi connectivity index (χ1) is 10.7. The Morgan fingerprint density at radius 2 is 1.64 bits per heavy atom. The quantitative estimate of drug-likeness (QED) is 0.872. The molecule has 0 N–H and O–H groups in total. The highest BCUT2D eigenvalue weighted by molar-refractivity contribution is 6.18. The van der Waals surface area contributed by atoms with Gasteiger partial charge in [0.1, 0.15) is 11.9 Å². The highest BCUT2D eigenvalue weighted by Crippen LogP contribution is 2.21. The summed E-state index contributed by atoms with van der Waals surface area (Å²) in [5.74, 6) is 0.00585. The van der Waals surface area contributed by atoms with Gasteiger partial charge in [0.15, 0.2) is 0 Å². The first-order valence-electron chi connectivity index (χ1n) is 7.18. The zero-order chi connectivity index (χ0) is 15.5. The summed E-state index contributed by atoms with van der Waals surface area (Å²) in [6, 6.07) is 18.4. The van der Waals surface area contributed by atoms with Gasteiger partial charge in [-0.2, -0.15) is 4.99 Å². The van der Waals surface area contributed by atoms with Crippen molar-refractivity contribution < 1.29 is 9.59 Å². The molecule has 0 fully saturated rings. The van der Waals surface area contributed by atoms with E-state index in [4.69, 9.17) is 0 Å². The van der Waals surface area contributed by atoms with E-state index in [9.17, 15) is 9.59 Å². The van der Waals surface area contributed by atoms with Gasteiger partial charge < -0.3 is 0 Å². The second-order valence-electron chi connectivity index (χ2n) is 5.23. The first kappa shape index (κ1) is 14.2. The lowest BCUT2D eigenvalue weighted by Crippen LogP contribution is -2.43. The molecule has 0 saturated carbocycles. The van der Waals surface area contributed by atoms with E-state index in [1.54, 1.807) is 0 Å². The number of rotatable bonds is 3. The molecule has 0 radical (unpaired) electrons. The molecule has 22 heavy (non-hydrogen) atoms. The Balaban J connectivity index is 1.93. The SMILES string of the molecule is CC(=O)N1C(c2ccccc2)=NC(=O)C1Cc1ccccc1. The van der Waals surface area contributed by atoms with Gasteiger partial charge in [-0.05, 0) is 5.56 Å². The van der Waals surface area contributed by atoms with Gasteiger partial charge in [-0.3, -0.25) is 14.5 Å². The van der Waals surface area contributed by atoms with E-state index in [-0.39, 0.29) is 11.8 Å². The molecule has 4 nitrogen and oxygen atoms in total. The normalized spacial score (nSPS) is 17.5. The minimum absolute atomic E-state index is 0.172. The third-order valence-electron chi connectivity index (χ3n) is 3.68. The summed E-state index contributed by atoms with van der Waals surface area (Å²) in [7, 11) is 0. The van der Waals surface area contributed by atoms with E-state index >= 15 is 0 Å². The van der Waals surface area contributed by atoms with Gasteiger partial charge in [0, 0.05) is 18.9 Å². The molecule has 1 atom stereocenters. The van der Waals surface area contributed by atoms with Crippen molar-refractivity contribution in [3.05, 3.63) is 71.8 Å².